The van der Waals surface area contributed by atoms with Crippen LogP contribution < -0.4 is 5.46 Å². The fourth-order valence-corrected chi connectivity index (χ4v) is 2.79. The molecular weight excluding hydrogens is 317 g/mol. The van der Waals surface area contributed by atoms with E-state index in [-0.39, 0.29) is 18.3 Å². The molecule has 3 nitrogen and oxygen atoms in total. The van der Waals surface area contributed by atoms with Crippen LogP contribution >= 0.6 is 15.9 Å². The minimum Gasteiger partial charge on any atom is -0.399 e. The van der Waals surface area contributed by atoms with E-state index in [4.69, 9.17) is 9.31 Å². The second-order valence-corrected chi connectivity index (χ2v) is 6.89. The van der Waals surface area contributed by atoms with Gasteiger partial charge in [-0.2, -0.15) is 0 Å². The normalized spacial score (nSPS) is 20.6. The average molecular weight is 334 g/mol. The van der Waals surface area contributed by atoms with Gasteiger partial charge >= 0.3 is 7.12 Å². The van der Waals surface area contributed by atoms with Gasteiger partial charge in [-0.15, -0.1) is 0 Å². The number of benzene rings is 1. The average Bonchev–Trinajstić information content (AvgIpc) is 2.59. The van der Waals surface area contributed by atoms with E-state index in [0.717, 1.165) is 20.8 Å². The number of aromatic nitrogens is 1. The predicted molar refractivity (Wildman–Crippen MR) is 85.2 cm³/mol. The van der Waals surface area contributed by atoms with Crippen molar-refractivity contribution in [2.24, 2.45) is 0 Å². The highest BCUT2D eigenvalue weighted by atomic mass is 79.9. The largest absolute Gasteiger partial charge is 0.497 e. The first-order chi connectivity index (χ1) is 9.32. The number of hydrogen-bond donors (Lipinski definition) is 0. The molecule has 0 aliphatic carbocycles. The fraction of sp³-hybridized carbons (Fsp3) is 0.400. The van der Waals surface area contributed by atoms with E-state index >= 15 is 0 Å². The van der Waals surface area contributed by atoms with Crippen molar-refractivity contribution < 1.29 is 9.31 Å². The van der Waals surface area contributed by atoms with Crippen molar-refractivity contribution in [3.05, 3.63) is 35.1 Å². The fourth-order valence-electron chi connectivity index (χ4n) is 2.34. The summed E-state index contributed by atoms with van der Waals surface area (Å²) >= 11 is 3.49. The molecule has 20 heavy (non-hydrogen) atoms. The van der Waals surface area contributed by atoms with E-state index < -0.39 is 0 Å². The Morgan fingerprint density at radius 2 is 1.55 bits per heavy atom. The summed E-state index contributed by atoms with van der Waals surface area (Å²) in [6.45, 7) is 8.23. The Labute approximate surface area is 128 Å². The molecule has 0 atom stereocenters. The summed E-state index contributed by atoms with van der Waals surface area (Å²) in [7, 11) is -0.384. The quantitative estimate of drug-likeness (QED) is 0.592. The van der Waals surface area contributed by atoms with Crippen LogP contribution in [0.15, 0.2) is 35.1 Å². The standard InChI is InChI=1S/C15H17BBrNO2/c1-14(2)15(3,4)20-16(19-14)12-9-18-13(17)11-8-6-5-7-10(11)12/h5-9H,1-4H3. The topological polar surface area (TPSA) is 31.4 Å². The minimum absolute atomic E-state index is 0.341. The Bertz CT molecular complexity index is 656. The Morgan fingerprint density at radius 1 is 1.00 bits per heavy atom. The van der Waals surface area contributed by atoms with Gasteiger partial charge in [-0.05, 0) is 49.0 Å². The number of hydrogen-bond acceptors (Lipinski definition) is 3. The summed E-state index contributed by atoms with van der Waals surface area (Å²) in [6.07, 6.45) is 1.83. The molecule has 0 unspecified atom stereocenters. The zero-order chi connectivity index (χ0) is 14.5. The lowest BCUT2D eigenvalue weighted by molar-refractivity contribution is 0.00578. The van der Waals surface area contributed by atoms with E-state index in [9.17, 15) is 0 Å². The lowest BCUT2D eigenvalue weighted by Crippen LogP contribution is -2.41. The molecule has 1 aliphatic heterocycles. The van der Waals surface area contributed by atoms with E-state index in [1.165, 1.54) is 0 Å². The predicted octanol–water partition coefficient (Wildman–Crippen LogP) is 3.30. The van der Waals surface area contributed by atoms with Crippen LogP contribution in [0.25, 0.3) is 10.8 Å². The van der Waals surface area contributed by atoms with Gasteiger partial charge in [0.15, 0.2) is 0 Å². The Morgan fingerprint density at radius 3 is 2.15 bits per heavy atom. The summed E-state index contributed by atoms with van der Waals surface area (Å²) in [5.74, 6) is 0. The maximum atomic E-state index is 6.12. The molecule has 3 rings (SSSR count). The van der Waals surface area contributed by atoms with E-state index in [2.05, 4.69) is 54.7 Å². The van der Waals surface area contributed by atoms with Crippen LogP contribution in [-0.2, 0) is 9.31 Å². The lowest BCUT2D eigenvalue weighted by Gasteiger charge is -2.32. The maximum Gasteiger partial charge on any atom is 0.497 e. The Balaban J connectivity index is 2.11. The zero-order valence-corrected chi connectivity index (χ0v) is 13.7. The molecule has 1 aromatic heterocycles. The highest BCUT2D eigenvalue weighted by Gasteiger charge is 2.52. The highest BCUT2D eigenvalue weighted by molar-refractivity contribution is 9.10. The van der Waals surface area contributed by atoms with Crippen LogP contribution in [0.5, 0.6) is 0 Å². The van der Waals surface area contributed by atoms with Gasteiger partial charge in [0.1, 0.15) is 4.60 Å². The van der Waals surface area contributed by atoms with Gasteiger partial charge in [0, 0.05) is 17.0 Å². The minimum atomic E-state index is -0.384. The molecule has 0 radical (unpaired) electrons. The molecule has 1 aliphatic rings. The third-order valence-corrected chi connectivity index (χ3v) is 4.92. The molecule has 0 amide bonds. The molecule has 0 N–H and O–H groups in total. The monoisotopic (exact) mass is 333 g/mol. The van der Waals surface area contributed by atoms with Gasteiger partial charge in [0.2, 0.25) is 0 Å². The van der Waals surface area contributed by atoms with Gasteiger partial charge in [-0.25, -0.2) is 4.98 Å². The summed E-state index contributed by atoms with van der Waals surface area (Å²) in [4.78, 5) is 4.40. The van der Waals surface area contributed by atoms with Crippen LogP contribution in [-0.4, -0.2) is 23.3 Å². The first kappa shape index (κ1) is 14.0. The molecule has 1 fully saturated rings. The maximum absolute atomic E-state index is 6.12. The summed E-state index contributed by atoms with van der Waals surface area (Å²) in [6, 6.07) is 8.13. The molecule has 1 saturated heterocycles. The smallest absolute Gasteiger partial charge is 0.399 e. The van der Waals surface area contributed by atoms with Crippen LogP contribution in [0.2, 0.25) is 0 Å². The van der Waals surface area contributed by atoms with Crippen molar-refractivity contribution >= 4 is 39.3 Å². The van der Waals surface area contributed by atoms with Crippen molar-refractivity contribution in [1.82, 2.24) is 4.98 Å². The number of rotatable bonds is 1. The number of nitrogens with zero attached hydrogens (tertiary/aromatic N) is 1. The second-order valence-electron chi connectivity index (χ2n) is 6.14. The lowest BCUT2D eigenvalue weighted by atomic mass is 9.77. The molecule has 0 bridgehead atoms. The van der Waals surface area contributed by atoms with Crippen LogP contribution in [0.4, 0.5) is 0 Å². The van der Waals surface area contributed by atoms with Crippen molar-refractivity contribution in [2.45, 2.75) is 38.9 Å². The van der Waals surface area contributed by atoms with Crippen LogP contribution in [0.1, 0.15) is 27.7 Å². The van der Waals surface area contributed by atoms with Crippen molar-refractivity contribution in [3.8, 4) is 0 Å². The SMILES string of the molecule is CC1(C)OB(c2cnc(Br)c3ccccc23)OC1(C)C. The molecule has 1 aromatic carbocycles. The van der Waals surface area contributed by atoms with E-state index in [0.29, 0.717) is 0 Å². The number of halogens is 1. The van der Waals surface area contributed by atoms with Gasteiger partial charge in [-0.1, -0.05) is 24.3 Å². The third kappa shape index (κ3) is 2.08. The molecule has 2 heterocycles. The van der Waals surface area contributed by atoms with Crippen molar-refractivity contribution in [3.63, 3.8) is 0 Å². The summed E-state index contributed by atoms with van der Waals surface area (Å²) in [5, 5.41) is 2.17. The molecule has 0 saturated carbocycles. The molecule has 2 aromatic rings. The van der Waals surface area contributed by atoms with Gasteiger partial charge in [0.25, 0.3) is 0 Å². The van der Waals surface area contributed by atoms with Crippen molar-refractivity contribution in [1.29, 1.82) is 0 Å². The van der Waals surface area contributed by atoms with Crippen LogP contribution in [0.3, 0.4) is 0 Å². The molecule has 0 spiro atoms. The summed E-state index contributed by atoms with van der Waals surface area (Å²) in [5.41, 5.74) is 0.292. The second kappa shape index (κ2) is 4.55. The van der Waals surface area contributed by atoms with Gasteiger partial charge < -0.3 is 9.31 Å². The first-order valence-corrected chi connectivity index (χ1v) is 7.50. The number of fused-ring (bicyclic) bond motifs is 1. The zero-order valence-electron chi connectivity index (χ0n) is 12.1. The third-order valence-electron chi connectivity index (χ3n) is 4.28. The summed E-state index contributed by atoms with van der Waals surface area (Å²) < 4.78 is 13.1. The molecule has 104 valence electrons. The van der Waals surface area contributed by atoms with E-state index in [1.54, 1.807) is 0 Å². The highest BCUT2D eigenvalue weighted by Crippen LogP contribution is 2.37. The van der Waals surface area contributed by atoms with Crippen LogP contribution in [0, 0.1) is 0 Å². The van der Waals surface area contributed by atoms with Gasteiger partial charge in [-0.3, -0.25) is 0 Å². The van der Waals surface area contributed by atoms with Crippen molar-refractivity contribution in [2.75, 3.05) is 0 Å². The van der Waals surface area contributed by atoms with Gasteiger partial charge in [0.05, 0.1) is 11.2 Å². The molecule has 5 heteroatoms. The Kier molecular flexibility index (Phi) is 3.20. The molecular formula is C15H17BBrNO2. The van der Waals surface area contributed by atoms with E-state index in [1.807, 2.05) is 24.4 Å². The first-order valence-electron chi connectivity index (χ1n) is 6.71. The number of pyridine rings is 1. The Hall–Kier alpha value is -0.905.